The van der Waals surface area contributed by atoms with E-state index in [0.29, 0.717) is 18.2 Å². The highest BCUT2D eigenvalue weighted by Gasteiger charge is 2.71. The molecule has 46 heavy (non-hydrogen) atoms. The highest BCUT2D eigenvalue weighted by Crippen LogP contribution is 2.51. The third-order valence-electron chi connectivity index (χ3n) is 7.72. The Morgan fingerprint density at radius 2 is 1.57 bits per heavy atom. The van der Waals surface area contributed by atoms with Crippen LogP contribution in [0.4, 0.5) is 36.4 Å². The summed E-state index contributed by atoms with van der Waals surface area (Å²) < 4.78 is 118. The molecule has 2 N–H and O–H groups in total. The Morgan fingerprint density at radius 1 is 0.935 bits per heavy atom. The maximum absolute atomic E-state index is 13.1. The molecule has 7 nitrogen and oxygen atoms in total. The number of hydrogen-bond acceptors (Lipinski definition) is 5. The summed E-state index contributed by atoms with van der Waals surface area (Å²) in [6, 6.07) is 16.3. The molecule has 2 aliphatic heterocycles. The highest BCUT2D eigenvalue weighted by molar-refractivity contribution is 7.92. The second-order valence-corrected chi connectivity index (χ2v) is 13.0. The van der Waals surface area contributed by atoms with Crippen LogP contribution in [0.3, 0.4) is 0 Å². The number of nitrogens with one attached hydrogen (secondary N) is 1. The van der Waals surface area contributed by atoms with Crippen LogP contribution in [0.2, 0.25) is 0 Å². The van der Waals surface area contributed by atoms with Gasteiger partial charge in [-0.25, -0.2) is 12.8 Å². The molecule has 0 spiro atoms. The lowest BCUT2D eigenvalue weighted by Crippen LogP contribution is -2.54. The lowest BCUT2D eigenvalue weighted by atomic mass is 9.89. The molecule has 2 heterocycles. The zero-order chi connectivity index (χ0) is 33.9. The van der Waals surface area contributed by atoms with Gasteiger partial charge in [0.2, 0.25) is 5.91 Å². The van der Waals surface area contributed by atoms with Crippen LogP contribution in [0.15, 0.2) is 77.7 Å². The number of alkyl halides is 6. The minimum Gasteiger partial charge on any atom is -0.369 e. The molecule has 15 heteroatoms. The third-order valence-corrected chi connectivity index (χ3v) is 9.55. The van der Waals surface area contributed by atoms with Crippen molar-refractivity contribution < 1.29 is 49.1 Å². The fourth-order valence-corrected chi connectivity index (χ4v) is 7.02. The summed E-state index contributed by atoms with van der Waals surface area (Å²) >= 11 is 0. The van der Waals surface area contributed by atoms with E-state index in [1.54, 1.807) is 6.92 Å². The molecule has 3 aromatic rings. The van der Waals surface area contributed by atoms with Gasteiger partial charge in [-0.3, -0.25) is 14.0 Å². The predicted octanol–water partition coefficient (Wildman–Crippen LogP) is 5.68. The minimum atomic E-state index is -6.05. The van der Waals surface area contributed by atoms with Crippen molar-refractivity contribution in [1.29, 1.82) is 0 Å². The largest absolute Gasteiger partial charge is 0.430 e. The first kappa shape index (κ1) is 35.2. The van der Waals surface area contributed by atoms with Crippen molar-refractivity contribution in [1.82, 2.24) is 10.2 Å². The van der Waals surface area contributed by atoms with Crippen molar-refractivity contribution in [3.63, 3.8) is 0 Å². The monoisotopic (exact) mass is 675 g/mol. The number of aryl methyl sites for hydroxylation is 1. The lowest BCUT2D eigenvalue weighted by molar-refractivity contribution is -0.376. The quantitative estimate of drug-likeness (QED) is 0.329. The fourth-order valence-electron chi connectivity index (χ4n) is 5.48. The van der Waals surface area contributed by atoms with Gasteiger partial charge < -0.3 is 10.4 Å². The number of sulfonamides is 1. The van der Waals surface area contributed by atoms with E-state index in [1.807, 2.05) is 6.07 Å². The van der Waals surface area contributed by atoms with Crippen LogP contribution in [-0.2, 0) is 33.4 Å². The van der Waals surface area contributed by atoms with Crippen molar-refractivity contribution in [3.8, 4) is 0 Å². The molecule has 5 rings (SSSR count). The van der Waals surface area contributed by atoms with E-state index in [0.717, 1.165) is 60.7 Å². The molecule has 250 valence electrons. The van der Waals surface area contributed by atoms with E-state index >= 15 is 0 Å². The summed E-state index contributed by atoms with van der Waals surface area (Å²) in [6.07, 6.45) is -10.9. The molecule has 1 atom stereocenters. The molecular weight excluding hydrogens is 643 g/mol. The Bertz CT molecular complexity index is 1600. The number of amides is 1. The molecular formula is C31H32F7N3O4S. The zero-order valence-corrected chi connectivity index (χ0v) is 25.4. The summed E-state index contributed by atoms with van der Waals surface area (Å²) in [6.45, 7) is 4.53. The Labute approximate surface area is 261 Å². The van der Waals surface area contributed by atoms with Gasteiger partial charge in [-0.15, -0.1) is 0 Å². The summed E-state index contributed by atoms with van der Waals surface area (Å²) in [7, 11) is -4.24. The number of likely N-dealkylation sites (tertiary alicyclic amines) is 1. The molecule has 0 aromatic heterocycles. The molecule has 0 bridgehead atoms. The summed E-state index contributed by atoms with van der Waals surface area (Å²) in [5, 5.41) is 12.5. The number of carbonyl (C=O) groups is 1. The van der Waals surface area contributed by atoms with E-state index < -0.39 is 39.4 Å². The van der Waals surface area contributed by atoms with E-state index in [2.05, 4.69) is 34.5 Å². The molecule has 3 aromatic carbocycles. The number of carbonyl (C=O) groups excluding carboxylic acids is 1. The molecule has 0 radical (unpaired) electrons. The topological polar surface area (TPSA) is 90.0 Å². The number of hydrogen-bond donors (Lipinski definition) is 2. The normalized spacial score (nSPS) is 17.6. The summed E-state index contributed by atoms with van der Waals surface area (Å²) in [4.78, 5) is 13.0. The molecule has 1 unspecified atom stereocenters. The van der Waals surface area contributed by atoms with E-state index in [1.165, 1.54) is 5.56 Å². The van der Waals surface area contributed by atoms with Gasteiger partial charge in [-0.1, -0.05) is 42.5 Å². The number of fused-ring (bicyclic) bond motifs is 1. The van der Waals surface area contributed by atoms with Crippen molar-refractivity contribution in [3.05, 3.63) is 95.3 Å². The number of halogens is 7. The standard InChI is InChI=1S/C18H14F7NO3S.C13H18N2O/c19-13-4-6-14(7-5-13)30(28,29)26-9-1-2-11-10-12(3-8-15(11)26)16(27,17(20,21)22)18(23,24)25;1-11(16)14-13-7-8-15(10-13)9-12-5-3-2-4-6-12/h3-8,10,27H,1-2,9H2;2-6,13H,7-10H2,1H3,(H,14,16). The van der Waals surface area contributed by atoms with Crippen molar-refractivity contribution in [2.75, 3.05) is 23.9 Å². The van der Waals surface area contributed by atoms with Crippen molar-refractivity contribution in [2.45, 2.75) is 61.6 Å². The number of anilines is 1. The molecule has 0 saturated carbocycles. The van der Waals surface area contributed by atoms with Gasteiger partial charge in [0.1, 0.15) is 5.82 Å². The predicted molar refractivity (Wildman–Crippen MR) is 156 cm³/mol. The van der Waals surface area contributed by atoms with Crippen LogP contribution >= 0.6 is 0 Å². The van der Waals surface area contributed by atoms with Gasteiger partial charge in [0.25, 0.3) is 15.6 Å². The van der Waals surface area contributed by atoms with Crippen LogP contribution in [0.1, 0.15) is 36.5 Å². The van der Waals surface area contributed by atoms with Crippen LogP contribution in [0.5, 0.6) is 0 Å². The maximum atomic E-state index is 13.1. The van der Waals surface area contributed by atoms with Crippen molar-refractivity contribution >= 4 is 21.6 Å². The number of benzene rings is 3. The minimum absolute atomic E-state index is 0.00437. The number of nitrogens with zero attached hydrogens (tertiary/aromatic N) is 2. The fraction of sp³-hybridized carbons (Fsp3) is 0.387. The first-order valence-electron chi connectivity index (χ1n) is 14.2. The smallest absolute Gasteiger partial charge is 0.369 e. The van der Waals surface area contributed by atoms with Gasteiger partial charge in [-0.05, 0) is 60.7 Å². The van der Waals surface area contributed by atoms with E-state index in [9.17, 15) is 49.1 Å². The molecule has 1 saturated heterocycles. The highest BCUT2D eigenvalue weighted by atomic mass is 32.2. The average Bonchev–Trinajstić information content (AvgIpc) is 3.41. The molecule has 1 amide bonds. The second kappa shape index (κ2) is 13.6. The number of aliphatic hydroxyl groups is 1. The Kier molecular flexibility index (Phi) is 10.4. The SMILES string of the molecule is CC(=O)NC1CCN(Cc2ccccc2)C1.O=S(=O)(c1ccc(F)cc1)N1CCCc2cc(C(O)(C(F)(F)F)C(F)(F)F)ccc21. The Morgan fingerprint density at radius 3 is 2.15 bits per heavy atom. The third kappa shape index (κ3) is 7.64. The van der Waals surface area contributed by atoms with Crippen LogP contribution in [0.25, 0.3) is 0 Å². The van der Waals surface area contributed by atoms with Gasteiger partial charge in [0, 0.05) is 44.7 Å². The van der Waals surface area contributed by atoms with Gasteiger partial charge in [0.05, 0.1) is 10.6 Å². The average molecular weight is 676 g/mol. The summed E-state index contributed by atoms with van der Waals surface area (Å²) in [5.41, 5.74) is -5.43. The summed E-state index contributed by atoms with van der Waals surface area (Å²) in [5.74, 6) is -0.609. The second-order valence-electron chi connectivity index (χ2n) is 11.1. The van der Waals surface area contributed by atoms with Gasteiger partial charge in [-0.2, -0.15) is 26.3 Å². The van der Waals surface area contributed by atoms with Gasteiger partial charge >= 0.3 is 12.4 Å². The molecule has 1 fully saturated rings. The van der Waals surface area contributed by atoms with Crippen LogP contribution in [-0.4, -0.2) is 62.4 Å². The van der Waals surface area contributed by atoms with E-state index in [4.69, 9.17) is 0 Å². The molecule has 0 aliphatic carbocycles. The van der Waals surface area contributed by atoms with E-state index in [-0.39, 0.29) is 41.4 Å². The Hall–Kier alpha value is -3.69. The van der Waals surface area contributed by atoms with Gasteiger partial charge in [0.15, 0.2) is 0 Å². The van der Waals surface area contributed by atoms with Crippen molar-refractivity contribution in [2.24, 2.45) is 0 Å². The number of rotatable bonds is 6. The maximum Gasteiger partial charge on any atom is 0.430 e. The Balaban J connectivity index is 0.000000252. The first-order chi connectivity index (χ1) is 21.4. The lowest BCUT2D eigenvalue weighted by Gasteiger charge is -2.35. The van der Waals surface area contributed by atoms with Crippen LogP contribution in [0, 0.1) is 5.82 Å². The zero-order valence-electron chi connectivity index (χ0n) is 24.6. The van der Waals surface area contributed by atoms with Crippen LogP contribution < -0.4 is 9.62 Å². The first-order valence-corrected chi connectivity index (χ1v) is 15.7. The molecule has 2 aliphatic rings.